The predicted octanol–water partition coefficient (Wildman–Crippen LogP) is 2.62. The molecule has 1 saturated heterocycles. The Labute approximate surface area is 129 Å². The SMILES string of the molecule is O=C(NCC1CCOC1)c1occc1COc1ccccc1. The van der Waals surface area contributed by atoms with E-state index in [1.807, 2.05) is 30.3 Å². The summed E-state index contributed by atoms with van der Waals surface area (Å²) in [5.41, 5.74) is 0.740. The number of benzene rings is 1. The minimum absolute atomic E-state index is 0.205. The molecule has 2 heterocycles. The topological polar surface area (TPSA) is 60.7 Å². The second kappa shape index (κ2) is 7.13. The van der Waals surface area contributed by atoms with Gasteiger partial charge < -0.3 is 19.2 Å². The number of carbonyl (C=O) groups excluding carboxylic acids is 1. The highest BCUT2D eigenvalue weighted by Gasteiger charge is 2.20. The fourth-order valence-corrected chi connectivity index (χ4v) is 2.39. The molecule has 116 valence electrons. The fourth-order valence-electron chi connectivity index (χ4n) is 2.39. The summed E-state index contributed by atoms with van der Waals surface area (Å²) in [7, 11) is 0. The molecule has 0 aliphatic carbocycles. The molecule has 22 heavy (non-hydrogen) atoms. The van der Waals surface area contributed by atoms with E-state index in [1.54, 1.807) is 6.07 Å². The molecule has 1 amide bonds. The molecule has 5 nitrogen and oxygen atoms in total. The van der Waals surface area contributed by atoms with Crippen LogP contribution < -0.4 is 10.1 Å². The third-order valence-corrected chi connectivity index (χ3v) is 3.67. The number of ether oxygens (including phenoxy) is 2. The molecule has 0 saturated carbocycles. The number of furan rings is 1. The molecule has 1 aliphatic heterocycles. The average Bonchev–Trinajstić information content (AvgIpc) is 3.23. The van der Waals surface area contributed by atoms with Gasteiger partial charge in [0.15, 0.2) is 5.76 Å². The van der Waals surface area contributed by atoms with Crippen LogP contribution in [0.3, 0.4) is 0 Å². The number of hydrogen-bond acceptors (Lipinski definition) is 4. The van der Waals surface area contributed by atoms with E-state index in [-0.39, 0.29) is 5.91 Å². The number of nitrogens with one attached hydrogen (secondary N) is 1. The van der Waals surface area contributed by atoms with E-state index < -0.39 is 0 Å². The Morgan fingerprint density at radius 3 is 2.91 bits per heavy atom. The largest absolute Gasteiger partial charge is 0.489 e. The first-order chi connectivity index (χ1) is 10.8. The number of amides is 1. The van der Waals surface area contributed by atoms with Crippen molar-refractivity contribution >= 4 is 5.91 Å². The van der Waals surface area contributed by atoms with Crippen LogP contribution in [-0.4, -0.2) is 25.7 Å². The van der Waals surface area contributed by atoms with Crippen molar-refractivity contribution in [3.63, 3.8) is 0 Å². The van der Waals surface area contributed by atoms with Crippen molar-refractivity contribution < 1.29 is 18.7 Å². The van der Waals surface area contributed by atoms with Crippen LogP contribution >= 0.6 is 0 Å². The maximum atomic E-state index is 12.2. The Hall–Kier alpha value is -2.27. The molecule has 1 aromatic heterocycles. The van der Waals surface area contributed by atoms with Crippen LogP contribution in [0.4, 0.5) is 0 Å². The first-order valence-electron chi connectivity index (χ1n) is 7.43. The van der Waals surface area contributed by atoms with E-state index in [2.05, 4.69) is 5.32 Å². The first-order valence-corrected chi connectivity index (χ1v) is 7.43. The maximum absolute atomic E-state index is 12.2. The Balaban J connectivity index is 1.55. The van der Waals surface area contributed by atoms with Gasteiger partial charge in [-0.2, -0.15) is 0 Å². The summed E-state index contributed by atoms with van der Waals surface area (Å²) in [6, 6.07) is 11.2. The van der Waals surface area contributed by atoms with E-state index >= 15 is 0 Å². The van der Waals surface area contributed by atoms with E-state index in [0.29, 0.717) is 31.4 Å². The summed E-state index contributed by atoms with van der Waals surface area (Å²) in [4.78, 5) is 12.2. The van der Waals surface area contributed by atoms with Crippen LogP contribution in [0.25, 0.3) is 0 Å². The van der Waals surface area contributed by atoms with Gasteiger partial charge in [0.05, 0.1) is 12.9 Å². The Bertz CT molecular complexity index is 602. The van der Waals surface area contributed by atoms with Gasteiger partial charge in [-0.25, -0.2) is 0 Å². The van der Waals surface area contributed by atoms with Crippen LogP contribution in [0.2, 0.25) is 0 Å². The van der Waals surface area contributed by atoms with Crippen molar-refractivity contribution in [2.75, 3.05) is 19.8 Å². The number of rotatable bonds is 6. The van der Waals surface area contributed by atoms with E-state index in [4.69, 9.17) is 13.9 Å². The van der Waals surface area contributed by atoms with Crippen molar-refractivity contribution in [3.8, 4) is 5.75 Å². The van der Waals surface area contributed by atoms with E-state index in [9.17, 15) is 4.79 Å². The number of carbonyl (C=O) groups is 1. The molecule has 1 unspecified atom stereocenters. The van der Waals surface area contributed by atoms with Crippen molar-refractivity contribution in [1.29, 1.82) is 0 Å². The van der Waals surface area contributed by atoms with Gasteiger partial charge in [-0.3, -0.25) is 4.79 Å². The predicted molar refractivity (Wildman–Crippen MR) is 80.7 cm³/mol. The molecule has 0 bridgehead atoms. The minimum Gasteiger partial charge on any atom is -0.489 e. The summed E-state index contributed by atoms with van der Waals surface area (Å²) in [5.74, 6) is 1.26. The van der Waals surface area contributed by atoms with Gasteiger partial charge >= 0.3 is 0 Å². The lowest BCUT2D eigenvalue weighted by atomic mass is 10.1. The quantitative estimate of drug-likeness (QED) is 0.891. The standard InChI is InChI=1S/C17H19NO4/c19-17(18-10-13-6-8-20-11-13)16-14(7-9-21-16)12-22-15-4-2-1-3-5-15/h1-5,7,9,13H,6,8,10-12H2,(H,18,19). The van der Waals surface area contributed by atoms with Crippen molar-refractivity contribution in [3.05, 3.63) is 54.0 Å². The lowest BCUT2D eigenvalue weighted by Gasteiger charge is -2.09. The zero-order valence-corrected chi connectivity index (χ0v) is 12.3. The summed E-state index contributed by atoms with van der Waals surface area (Å²) >= 11 is 0. The smallest absolute Gasteiger partial charge is 0.287 e. The van der Waals surface area contributed by atoms with Gasteiger partial charge in [-0.1, -0.05) is 18.2 Å². The van der Waals surface area contributed by atoms with Crippen LogP contribution in [0, 0.1) is 5.92 Å². The minimum atomic E-state index is -0.205. The second-order valence-electron chi connectivity index (χ2n) is 5.32. The molecule has 1 atom stereocenters. The Morgan fingerprint density at radius 2 is 2.14 bits per heavy atom. The summed E-state index contributed by atoms with van der Waals surface area (Å²) in [6.45, 7) is 2.40. The van der Waals surface area contributed by atoms with Gasteiger partial charge in [0.25, 0.3) is 5.91 Å². The monoisotopic (exact) mass is 301 g/mol. The van der Waals surface area contributed by atoms with Crippen molar-refractivity contribution in [2.24, 2.45) is 5.92 Å². The van der Waals surface area contributed by atoms with Crippen LogP contribution in [0.5, 0.6) is 5.75 Å². The second-order valence-corrected chi connectivity index (χ2v) is 5.32. The molecule has 1 fully saturated rings. The fraction of sp³-hybridized carbons (Fsp3) is 0.353. The lowest BCUT2D eigenvalue weighted by molar-refractivity contribution is 0.0913. The van der Waals surface area contributed by atoms with Crippen LogP contribution in [0.1, 0.15) is 22.5 Å². The molecule has 0 radical (unpaired) electrons. The first kappa shape index (κ1) is 14.7. The molecular formula is C17H19NO4. The number of para-hydroxylation sites is 1. The zero-order valence-electron chi connectivity index (χ0n) is 12.3. The van der Waals surface area contributed by atoms with Crippen molar-refractivity contribution in [1.82, 2.24) is 5.32 Å². The van der Waals surface area contributed by atoms with Crippen LogP contribution in [-0.2, 0) is 11.3 Å². The molecular weight excluding hydrogens is 282 g/mol. The normalized spacial score (nSPS) is 17.4. The molecule has 1 N–H and O–H groups in total. The highest BCUT2D eigenvalue weighted by atomic mass is 16.5. The van der Waals surface area contributed by atoms with Gasteiger partial charge in [0.2, 0.25) is 0 Å². The molecule has 3 rings (SSSR count). The van der Waals surface area contributed by atoms with Gasteiger partial charge in [0, 0.05) is 24.6 Å². The van der Waals surface area contributed by atoms with Crippen molar-refractivity contribution in [2.45, 2.75) is 13.0 Å². The Morgan fingerprint density at radius 1 is 1.27 bits per heavy atom. The molecule has 0 spiro atoms. The van der Waals surface area contributed by atoms with Gasteiger partial charge in [-0.15, -0.1) is 0 Å². The Kier molecular flexibility index (Phi) is 4.75. The van der Waals surface area contributed by atoms with Gasteiger partial charge in [0.1, 0.15) is 12.4 Å². The third kappa shape index (κ3) is 3.68. The molecule has 1 aliphatic rings. The number of hydrogen-bond donors (Lipinski definition) is 1. The lowest BCUT2D eigenvalue weighted by Crippen LogP contribution is -2.29. The molecule has 1 aromatic carbocycles. The van der Waals surface area contributed by atoms with Gasteiger partial charge in [-0.05, 0) is 24.6 Å². The molecule has 2 aromatic rings. The van der Waals surface area contributed by atoms with E-state index in [0.717, 1.165) is 24.3 Å². The molecule has 5 heteroatoms. The van der Waals surface area contributed by atoms with Crippen LogP contribution in [0.15, 0.2) is 47.1 Å². The maximum Gasteiger partial charge on any atom is 0.287 e. The summed E-state index contributed by atoms with van der Waals surface area (Å²) in [5, 5.41) is 2.90. The third-order valence-electron chi connectivity index (χ3n) is 3.67. The average molecular weight is 301 g/mol. The van der Waals surface area contributed by atoms with E-state index in [1.165, 1.54) is 6.26 Å². The highest BCUT2D eigenvalue weighted by molar-refractivity contribution is 5.92. The highest BCUT2D eigenvalue weighted by Crippen LogP contribution is 2.16. The summed E-state index contributed by atoms with van der Waals surface area (Å²) in [6.07, 6.45) is 2.50. The zero-order chi connectivity index (χ0) is 15.2. The summed E-state index contributed by atoms with van der Waals surface area (Å²) < 4.78 is 16.3.